The Morgan fingerprint density at radius 1 is 1.33 bits per heavy atom. The first-order chi connectivity index (χ1) is 9.55. The van der Waals surface area contributed by atoms with Crippen molar-refractivity contribution in [3.63, 3.8) is 0 Å². The highest BCUT2D eigenvalue weighted by molar-refractivity contribution is 7.89. The largest absolute Gasteiger partial charge is 0.399 e. The normalized spacial score (nSPS) is 12.0. The number of nitrogens with two attached hydrogens (primary N) is 1. The molecule has 0 aromatic heterocycles. The van der Waals surface area contributed by atoms with Crippen LogP contribution in [0.3, 0.4) is 0 Å². The molecule has 0 saturated heterocycles. The van der Waals surface area contributed by atoms with Gasteiger partial charge in [-0.25, -0.2) is 17.2 Å². The number of carbonyl (C=O) groups is 1. The lowest BCUT2D eigenvalue weighted by molar-refractivity contribution is -0.121. The number of nitrogen functional groups attached to an aromatic ring is 1. The Kier molecular flexibility index (Phi) is 5.24. The number of rotatable bonds is 5. The highest BCUT2D eigenvalue weighted by Gasteiger charge is 2.30. The molecule has 0 aliphatic carbocycles. The van der Waals surface area contributed by atoms with E-state index >= 15 is 0 Å². The summed E-state index contributed by atoms with van der Waals surface area (Å²) in [6.45, 7) is 2.85. The van der Waals surface area contributed by atoms with Crippen LogP contribution in [-0.2, 0) is 14.8 Å². The molecule has 0 heterocycles. The second kappa shape index (κ2) is 6.35. The molecular weight excluding hydrogens is 304 g/mol. The Hall–Kier alpha value is -1.74. The van der Waals surface area contributed by atoms with Crippen LogP contribution >= 0.6 is 0 Å². The summed E-state index contributed by atoms with van der Waals surface area (Å²) >= 11 is 0. The number of carbonyl (C=O) groups excluding carboxylic acids is 1. The molecule has 0 spiro atoms. The van der Waals surface area contributed by atoms with Gasteiger partial charge in [0, 0.05) is 18.8 Å². The van der Waals surface area contributed by atoms with Crippen molar-refractivity contribution in [3.05, 3.63) is 23.8 Å². The lowest BCUT2D eigenvalue weighted by atomic mass is 10.3. The smallest absolute Gasteiger partial charge is 0.249 e. The highest BCUT2D eigenvalue weighted by atomic mass is 32.2. The Morgan fingerprint density at radius 3 is 2.24 bits per heavy atom. The van der Waals surface area contributed by atoms with E-state index in [9.17, 15) is 22.0 Å². The molecule has 1 rings (SSSR count). The van der Waals surface area contributed by atoms with Crippen LogP contribution in [0.25, 0.3) is 0 Å². The summed E-state index contributed by atoms with van der Waals surface area (Å²) in [6.07, 6.45) is 0. The minimum Gasteiger partial charge on any atom is -0.399 e. The fourth-order valence-corrected chi connectivity index (χ4v) is 2.85. The zero-order valence-electron chi connectivity index (χ0n) is 11.9. The maximum absolute atomic E-state index is 13.7. The van der Waals surface area contributed by atoms with E-state index in [1.165, 1.54) is 0 Å². The summed E-state index contributed by atoms with van der Waals surface area (Å²) in [4.78, 5) is 10.4. The fraction of sp³-hybridized carbons (Fsp3) is 0.417. The van der Waals surface area contributed by atoms with Crippen molar-refractivity contribution in [2.45, 2.75) is 24.8 Å². The number of nitrogens with one attached hydrogen (secondary N) is 1. The lowest BCUT2D eigenvalue weighted by Crippen LogP contribution is -2.41. The maximum atomic E-state index is 13.7. The van der Waals surface area contributed by atoms with Gasteiger partial charge in [0.1, 0.15) is 11.6 Å². The summed E-state index contributed by atoms with van der Waals surface area (Å²) in [5.41, 5.74) is 5.00. The first-order valence-corrected chi connectivity index (χ1v) is 7.50. The van der Waals surface area contributed by atoms with E-state index in [0.29, 0.717) is 16.4 Å². The van der Waals surface area contributed by atoms with Crippen LogP contribution < -0.4 is 11.1 Å². The first kappa shape index (κ1) is 17.3. The number of hydrogen-bond donors (Lipinski definition) is 2. The van der Waals surface area contributed by atoms with Crippen molar-refractivity contribution >= 4 is 21.6 Å². The van der Waals surface area contributed by atoms with Crippen LogP contribution in [0.5, 0.6) is 0 Å². The summed E-state index contributed by atoms with van der Waals surface area (Å²) in [5, 5.41) is 2.48. The molecule has 0 atom stereocenters. The van der Waals surface area contributed by atoms with Crippen LogP contribution in [0.2, 0.25) is 0 Å². The minimum absolute atomic E-state index is 0.182. The van der Waals surface area contributed by atoms with E-state index in [4.69, 9.17) is 5.73 Å². The molecule has 0 radical (unpaired) electrons. The van der Waals surface area contributed by atoms with E-state index in [2.05, 4.69) is 5.32 Å². The van der Waals surface area contributed by atoms with Crippen molar-refractivity contribution in [2.24, 2.45) is 0 Å². The predicted octanol–water partition coefficient (Wildman–Crippen LogP) is 0.692. The van der Waals surface area contributed by atoms with E-state index < -0.39 is 39.0 Å². The SMILES string of the molecule is CC(C)NC(=O)CN(C)S(=O)(=O)c1c(F)cc(N)cc1F. The monoisotopic (exact) mass is 321 g/mol. The zero-order chi connectivity index (χ0) is 16.4. The van der Waals surface area contributed by atoms with Crippen molar-refractivity contribution in [3.8, 4) is 0 Å². The third-order valence-electron chi connectivity index (χ3n) is 2.50. The summed E-state index contributed by atoms with van der Waals surface area (Å²) in [5.74, 6) is -3.18. The molecule has 0 aliphatic rings. The quantitative estimate of drug-likeness (QED) is 0.781. The van der Waals surface area contributed by atoms with Gasteiger partial charge in [0.25, 0.3) is 0 Å². The molecule has 0 aliphatic heterocycles. The van der Waals surface area contributed by atoms with E-state index in [-0.39, 0.29) is 11.7 Å². The molecule has 21 heavy (non-hydrogen) atoms. The molecule has 1 amide bonds. The molecule has 6 nitrogen and oxygen atoms in total. The van der Waals surface area contributed by atoms with Crippen molar-refractivity contribution in [1.82, 2.24) is 9.62 Å². The molecule has 1 aromatic rings. The predicted molar refractivity (Wildman–Crippen MR) is 73.9 cm³/mol. The third-order valence-corrected chi connectivity index (χ3v) is 4.36. The molecular formula is C12H17F2N3O3S. The molecule has 118 valence electrons. The van der Waals surface area contributed by atoms with Gasteiger partial charge < -0.3 is 11.1 Å². The summed E-state index contributed by atoms with van der Waals surface area (Å²) in [6, 6.07) is 1.23. The summed E-state index contributed by atoms with van der Waals surface area (Å²) in [7, 11) is -3.42. The van der Waals surface area contributed by atoms with Gasteiger partial charge in [0.05, 0.1) is 6.54 Å². The van der Waals surface area contributed by atoms with Crippen LogP contribution in [-0.4, -0.2) is 38.3 Å². The Morgan fingerprint density at radius 2 is 1.81 bits per heavy atom. The minimum atomic E-state index is -4.48. The second-order valence-electron chi connectivity index (χ2n) is 4.80. The number of nitrogens with zero attached hydrogens (tertiary/aromatic N) is 1. The first-order valence-electron chi connectivity index (χ1n) is 6.06. The number of amides is 1. The molecule has 0 saturated carbocycles. The van der Waals surface area contributed by atoms with Gasteiger partial charge in [0.15, 0.2) is 4.90 Å². The number of benzene rings is 1. The second-order valence-corrected chi connectivity index (χ2v) is 6.78. The van der Waals surface area contributed by atoms with Crippen molar-refractivity contribution in [2.75, 3.05) is 19.3 Å². The van der Waals surface area contributed by atoms with Gasteiger partial charge in [0.2, 0.25) is 15.9 Å². The van der Waals surface area contributed by atoms with E-state index in [0.717, 1.165) is 7.05 Å². The third kappa shape index (κ3) is 4.11. The number of likely N-dealkylation sites (N-methyl/N-ethyl adjacent to an activating group) is 1. The highest BCUT2D eigenvalue weighted by Crippen LogP contribution is 2.24. The van der Waals surface area contributed by atoms with Crippen LogP contribution in [0.15, 0.2) is 17.0 Å². The fourth-order valence-electron chi connectivity index (χ4n) is 1.64. The van der Waals surface area contributed by atoms with Gasteiger partial charge in [-0.1, -0.05) is 0 Å². The lowest BCUT2D eigenvalue weighted by Gasteiger charge is -2.18. The van der Waals surface area contributed by atoms with Gasteiger partial charge in [-0.15, -0.1) is 0 Å². The number of anilines is 1. The van der Waals surface area contributed by atoms with Crippen LogP contribution in [0.4, 0.5) is 14.5 Å². The molecule has 0 bridgehead atoms. The van der Waals surface area contributed by atoms with Gasteiger partial charge >= 0.3 is 0 Å². The van der Waals surface area contributed by atoms with Crippen molar-refractivity contribution < 1.29 is 22.0 Å². The Balaban J connectivity index is 3.09. The number of hydrogen-bond acceptors (Lipinski definition) is 4. The van der Waals surface area contributed by atoms with Gasteiger partial charge in [-0.05, 0) is 26.0 Å². The maximum Gasteiger partial charge on any atom is 0.249 e. The molecule has 0 unspecified atom stereocenters. The molecule has 9 heteroatoms. The van der Waals surface area contributed by atoms with E-state index in [1.807, 2.05) is 0 Å². The van der Waals surface area contributed by atoms with Crippen molar-refractivity contribution in [1.29, 1.82) is 0 Å². The Bertz CT molecular complexity index is 624. The van der Waals surface area contributed by atoms with Crippen LogP contribution in [0.1, 0.15) is 13.8 Å². The molecule has 0 fully saturated rings. The standard InChI is InChI=1S/C12H17F2N3O3S/c1-7(2)16-11(18)6-17(3)21(19,20)12-9(13)4-8(15)5-10(12)14/h4-5,7H,6,15H2,1-3H3,(H,16,18). The molecule has 1 aromatic carbocycles. The van der Waals surface area contributed by atoms with Gasteiger partial charge in [-0.3, -0.25) is 4.79 Å². The Labute approximate surface area is 122 Å². The average molecular weight is 321 g/mol. The number of sulfonamides is 1. The summed E-state index contributed by atoms with van der Waals surface area (Å²) < 4.78 is 52.2. The van der Waals surface area contributed by atoms with Gasteiger partial charge in [-0.2, -0.15) is 4.31 Å². The molecule has 3 N–H and O–H groups in total. The topological polar surface area (TPSA) is 92.5 Å². The van der Waals surface area contributed by atoms with E-state index in [1.54, 1.807) is 13.8 Å². The van der Waals surface area contributed by atoms with Crippen LogP contribution in [0, 0.1) is 11.6 Å². The number of halogens is 2. The average Bonchev–Trinajstić information content (AvgIpc) is 2.24. The zero-order valence-corrected chi connectivity index (χ0v) is 12.7.